The van der Waals surface area contributed by atoms with E-state index in [1.807, 2.05) is 13.8 Å². The molecular formula is C10H18O3S. The number of carbonyl (C=O) groups is 1. The van der Waals surface area contributed by atoms with E-state index in [0.29, 0.717) is 0 Å². The summed E-state index contributed by atoms with van der Waals surface area (Å²) in [5, 5.41) is -0.412. The summed E-state index contributed by atoms with van der Waals surface area (Å²) >= 11 is 0. The molecule has 1 fully saturated rings. The van der Waals surface area contributed by atoms with Crippen LogP contribution in [0.1, 0.15) is 33.6 Å². The van der Waals surface area contributed by atoms with Crippen molar-refractivity contribution in [3.63, 3.8) is 0 Å². The molecule has 1 saturated carbocycles. The van der Waals surface area contributed by atoms with E-state index in [9.17, 15) is 13.2 Å². The van der Waals surface area contributed by atoms with Crippen molar-refractivity contribution in [2.45, 2.75) is 38.9 Å². The highest BCUT2D eigenvalue weighted by molar-refractivity contribution is 7.92. The summed E-state index contributed by atoms with van der Waals surface area (Å²) in [6.07, 6.45) is 1.76. The van der Waals surface area contributed by atoms with Gasteiger partial charge in [0.05, 0.1) is 5.25 Å². The number of ketones is 1. The van der Waals surface area contributed by atoms with E-state index < -0.39 is 15.1 Å². The fourth-order valence-corrected chi connectivity index (χ4v) is 2.99. The lowest BCUT2D eigenvalue weighted by molar-refractivity contribution is -0.117. The monoisotopic (exact) mass is 218 g/mol. The second-order valence-corrected chi connectivity index (χ2v) is 6.85. The summed E-state index contributed by atoms with van der Waals surface area (Å²) in [6.45, 7) is 5.41. The number of rotatable bonds is 5. The van der Waals surface area contributed by atoms with Crippen LogP contribution in [0.3, 0.4) is 0 Å². The van der Waals surface area contributed by atoms with Crippen molar-refractivity contribution in [1.29, 1.82) is 0 Å². The smallest absolute Gasteiger partial charge is 0.160 e. The molecule has 1 aliphatic carbocycles. The molecule has 14 heavy (non-hydrogen) atoms. The Labute approximate surface area is 85.8 Å². The molecule has 82 valence electrons. The number of sulfone groups is 1. The van der Waals surface area contributed by atoms with Crippen LogP contribution in [0.2, 0.25) is 0 Å². The molecule has 1 aliphatic rings. The largest absolute Gasteiger partial charge is 0.298 e. The molecule has 3 nitrogen and oxygen atoms in total. The van der Waals surface area contributed by atoms with Gasteiger partial charge in [0, 0.05) is 5.92 Å². The first kappa shape index (κ1) is 11.7. The van der Waals surface area contributed by atoms with Crippen LogP contribution < -0.4 is 0 Å². The molecule has 1 atom stereocenters. The molecule has 0 aromatic rings. The highest BCUT2D eigenvalue weighted by Crippen LogP contribution is 2.30. The molecule has 0 aliphatic heterocycles. The van der Waals surface area contributed by atoms with Crippen molar-refractivity contribution < 1.29 is 13.2 Å². The Bertz CT molecular complexity index is 312. The van der Waals surface area contributed by atoms with Gasteiger partial charge in [-0.05, 0) is 25.7 Å². The minimum absolute atomic E-state index is 0.0455. The molecule has 0 amide bonds. The minimum Gasteiger partial charge on any atom is -0.298 e. The molecule has 0 spiro atoms. The van der Waals surface area contributed by atoms with Crippen molar-refractivity contribution in [2.24, 2.45) is 11.8 Å². The number of hydrogen-bond donors (Lipinski definition) is 0. The molecule has 0 aromatic heterocycles. The lowest BCUT2D eigenvalue weighted by Gasteiger charge is -2.15. The van der Waals surface area contributed by atoms with Gasteiger partial charge in [-0.15, -0.1) is 0 Å². The van der Waals surface area contributed by atoms with Gasteiger partial charge in [0.15, 0.2) is 15.6 Å². The highest BCUT2D eigenvalue weighted by atomic mass is 32.2. The highest BCUT2D eigenvalue weighted by Gasteiger charge is 2.34. The standard InChI is InChI=1S/C10H18O3S/c1-7(2)8(3)14(12,13)6-10(11)9-4-5-9/h7-9H,4-6H2,1-3H3. The lowest BCUT2D eigenvalue weighted by atomic mass is 10.2. The fourth-order valence-electron chi connectivity index (χ4n) is 1.27. The maximum absolute atomic E-state index is 11.7. The van der Waals surface area contributed by atoms with Gasteiger partial charge in [-0.25, -0.2) is 8.42 Å². The second kappa shape index (κ2) is 4.01. The van der Waals surface area contributed by atoms with Crippen LogP contribution in [-0.2, 0) is 14.6 Å². The van der Waals surface area contributed by atoms with Crippen LogP contribution in [0.15, 0.2) is 0 Å². The summed E-state index contributed by atoms with van der Waals surface area (Å²) in [6, 6.07) is 0. The average molecular weight is 218 g/mol. The summed E-state index contributed by atoms with van der Waals surface area (Å²) in [7, 11) is -3.21. The summed E-state index contributed by atoms with van der Waals surface area (Å²) in [4.78, 5) is 11.4. The third kappa shape index (κ3) is 2.80. The molecule has 1 rings (SSSR count). The third-order valence-corrected chi connectivity index (χ3v) is 5.25. The first-order chi connectivity index (χ1) is 6.34. The van der Waals surface area contributed by atoms with Crippen LogP contribution in [0.25, 0.3) is 0 Å². The normalized spacial score (nSPS) is 19.7. The number of hydrogen-bond acceptors (Lipinski definition) is 3. The zero-order valence-corrected chi connectivity index (χ0v) is 9.80. The molecular weight excluding hydrogens is 200 g/mol. The predicted molar refractivity (Wildman–Crippen MR) is 55.8 cm³/mol. The van der Waals surface area contributed by atoms with E-state index in [1.165, 1.54) is 0 Å². The average Bonchev–Trinajstić information content (AvgIpc) is 2.83. The van der Waals surface area contributed by atoms with Crippen LogP contribution in [0, 0.1) is 11.8 Å². The van der Waals surface area contributed by atoms with Crippen molar-refractivity contribution in [3.05, 3.63) is 0 Å². The Morgan fingerprint density at radius 3 is 2.14 bits per heavy atom. The van der Waals surface area contributed by atoms with E-state index in [4.69, 9.17) is 0 Å². The van der Waals surface area contributed by atoms with Gasteiger partial charge >= 0.3 is 0 Å². The first-order valence-corrected chi connectivity index (χ1v) is 6.80. The Morgan fingerprint density at radius 1 is 1.29 bits per heavy atom. The van der Waals surface area contributed by atoms with E-state index in [-0.39, 0.29) is 23.4 Å². The molecule has 0 aromatic carbocycles. The zero-order chi connectivity index (χ0) is 10.9. The van der Waals surface area contributed by atoms with Crippen LogP contribution >= 0.6 is 0 Å². The van der Waals surface area contributed by atoms with Gasteiger partial charge in [-0.3, -0.25) is 4.79 Å². The molecule has 1 unspecified atom stereocenters. The van der Waals surface area contributed by atoms with Crippen LogP contribution in [-0.4, -0.2) is 25.2 Å². The fraction of sp³-hybridized carbons (Fsp3) is 0.900. The van der Waals surface area contributed by atoms with Crippen molar-refractivity contribution in [3.8, 4) is 0 Å². The van der Waals surface area contributed by atoms with E-state index >= 15 is 0 Å². The summed E-state index contributed by atoms with van der Waals surface area (Å²) in [5.74, 6) is -0.217. The van der Waals surface area contributed by atoms with Gasteiger partial charge in [0.25, 0.3) is 0 Å². The van der Waals surface area contributed by atoms with E-state index in [2.05, 4.69) is 0 Å². The van der Waals surface area contributed by atoms with Gasteiger partial charge in [0.2, 0.25) is 0 Å². The SMILES string of the molecule is CC(C)C(C)S(=O)(=O)CC(=O)C1CC1. The molecule has 0 radical (unpaired) electrons. The van der Waals surface area contributed by atoms with Crippen LogP contribution in [0.4, 0.5) is 0 Å². The van der Waals surface area contributed by atoms with Crippen LogP contribution in [0.5, 0.6) is 0 Å². The maximum atomic E-state index is 11.7. The number of Topliss-reactive ketones (excluding diaryl/α,β-unsaturated/α-hetero) is 1. The van der Waals surface area contributed by atoms with E-state index in [0.717, 1.165) is 12.8 Å². The number of carbonyl (C=O) groups excluding carboxylic acids is 1. The minimum atomic E-state index is -3.21. The molecule has 0 bridgehead atoms. The van der Waals surface area contributed by atoms with Crippen molar-refractivity contribution in [1.82, 2.24) is 0 Å². The molecule has 4 heteroatoms. The summed E-state index contributed by atoms with van der Waals surface area (Å²) in [5.41, 5.74) is 0. The van der Waals surface area contributed by atoms with Gasteiger partial charge in [-0.2, -0.15) is 0 Å². The molecule has 0 N–H and O–H groups in total. The first-order valence-electron chi connectivity index (χ1n) is 5.09. The topological polar surface area (TPSA) is 51.2 Å². The lowest BCUT2D eigenvalue weighted by Crippen LogP contribution is -2.30. The van der Waals surface area contributed by atoms with Crippen molar-refractivity contribution >= 4 is 15.6 Å². The zero-order valence-electron chi connectivity index (χ0n) is 8.99. The van der Waals surface area contributed by atoms with Gasteiger partial charge in [-0.1, -0.05) is 13.8 Å². The maximum Gasteiger partial charge on any atom is 0.160 e. The molecule has 0 saturated heterocycles. The Balaban J connectivity index is 2.60. The Hall–Kier alpha value is -0.380. The Kier molecular flexibility index (Phi) is 3.35. The second-order valence-electron chi connectivity index (χ2n) is 4.50. The van der Waals surface area contributed by atoms with Crippen molar-refractivity contribution in [2.75, 3.05) is 5.75 Å². The Morgan fingerprint density at radius 2 is 1.79 bits per heavy atom. The van der Waals surface area contributed by atoms with E-state index in [1.54, 1.807) is 6.92 Å². The quantitative estimate of drug-likeness (QED) is 0.701. The van der Waals surface area contributed by atoms with Gasteiger partial charge in [0.1, 0.15) is 5.75 Å². The van der Waals surface area contributed by atoms with Gasteiger partial charge < -0.3 is 0 Å². The third-order valence-electron chi connectivity index (χ3n) is 2.88. The summed E-state index contributed by atoms with van der Waals surface area (Å²) < 4.78 is 23.4. The predicted octanol–water partition coefficient (Wildman–Crippen LogP) is 1.42. The molecule has 0 heterocycles.